The summed E-state index contributed by atoms with van der Waals surface area (Å²) in [7, 11) is 0. The molecule has 218 valence electrons. The van der Waals surface area contributed by atoms with Gasteiger partial charge in [-0.05, 0) is 29.3 Å². The van der Waals surface area contributed by atoms with Crippen molar-refractivity contribution in [1.82, 2.24) is 20.9 Å². The van der Waals surface area contributed by atoms with Crippen LogP contribution in [-0.4, -0.2) is 80.7 Å². The third-order valence-electron chi connectivity index (χ3n) is 6.30. The number of hydrogen-bond donors (Lipinski definition) is 9. The van der Waals surface area contributed by atoms with Crippen LogP contribution in [0, 0.1) is 0 Å². The molecule has 0 saturated heterocycles. The summed E-state index contributed by atoms with van der Waals surface area (Å²) < 4.78 is 0. The summed E-state index contributed by atoms with van der Waals surface area (Å²) in [6, 6.07) is 7.48. The SMILES string of the molecule is NC(=O)CC(N)C(=O)NC(Cc1ccc(O)cc1)C(=O)NC(Cc1c[nH]c2ccccc12)C(=O)NC(CO)C(=O)O. The fourth-order valence-electron chi connectivity index (χ4n) is 4.13. The van der Waals surface area contributed by atoms with Crippen LogP contribution in [0.2, 0.25) is 0 Å². The molecule has 11 N–H and O–H groups in total. The number of aliphatic hydroxyl groups excluding tert-OH is 1. The molecule has 0 aliphatic rings. The molecule has 0 radical (unpaired) electrons. The van der Waals surface area contributed by atoms with Crippen molar-refractivity contribution in [3.05, 3.63) is 65.9 Å². The molecule has 1 aromatic heterocycles. The summed E-state index contributed by atoms with van der Waals surface area (Å²) >= 11 is 0. The molecular weight excluding hydrogens is 536 g/mol. The van der Waals surface area contributed by atoms with E-state index in [9.17, 15) is 39.3 Å². The third-order valence-corrected chi connectivity index (χ3v) is 6.30. The van der Waals surface area contributed by atoms with Crippen LogP contribution in [0.25, 0.3) is 10.9 Å². The molecule has 3 aromatic rings. The summed E-state index contributed by atoms with van der Waals surface area (Å²) in [5.74, 6) is -4.85. The fourth-order valence-corrected chi connectivity index (χ4v) is 4.13. The molecule has 4 atom stereocenters. The molecule has 1 heterocycles. The number of phenols is 1. The number of nitrogens with two attached hydrogens (primary N) is 2. The van der Waals surface area contributed by atoms with E-state index in [1.807, 2.05) is 12.1 Å². The zero-order valence-corrected chi connectivity index (χ0v) is 21.9. The Hall–Kier alpha value is -4.95. The first-order valence-electron chi connectivity index (χ1n) is 12.6. The number of carboxylic acids is 1. The number of benzene rings is 2. The normalized spacial score (nSPS) is 13.9. The lowest BCUT2D eigenvalue weighted by Crippen LogP contribution is -2.58. The molecule has 4 unspecified atom stereocenters. The van der Waals surface area contributed by atoms with Crippen LogP contribution < -0.4 is 27.4 Å². The largest absolute Gasteiger partial charge is 0.508 e. The minimum Gasteiger partial charge on any atom is -0.508 e. The van der Waals surface area contributed by atoms with Crippen LogP contribution in [0.5, 0.6) is 5.75 Å². The van der Waals surface area contributed by atoms with Crippen molar-refractivity contribution in [1.29, 1.82) is 0 Å². The van der Waals surface area contributed by atoms with Crippen LogP contribution in [-0.2, 0) is 36.8 Å². The Balaban J connectivity index is 1.90. The molecule has 14 nitrogen and oxygen atoms in total. The molecule has 4 amide bonds. The minimum atomic E-state index is -1.62. The van der Waals surface area contributed by atoms with Gasteiger partial charge in [0.15, 0.2) is 0 Å². The highest BCUT2D eigenvalue weighted by Gasteiger charge is 2.31. The quantitative estimate of drug-likeness (QED) is 0.108. The maximum absolute atomic E-state index is 13.5. The number of amides is 4. The Morgan fingerprint density at radius 2 is 1.41 bits per heavy atom. The van der Waals surface area contributed by atoms with Crippen molar-refractivity contribution in [2.24, 2.45) is 11.5 Å². The van der Waals surface area contributed by atoms with Crippen molar-refractivity contribution in [3.63, 3.8) is 0 Å². The van der Waals surface area contributed by atoms with Crippen molar-refractivity contribution in [2.45, 2.75) is 43.4 Å². The van der Waals surface area contributed by atoms with Crippen LogP contribution in [0.15, 0.2) is 54.7 Å². The lowest BCUT2D eigenvalue weighted by atomic mass is 10.0. The number of H-pyrrole nitrogens is 1. The van der Waals surface area contributed by atoms with E-state index in [2.05, 4.69) is 20.9 Å². The zero-order chi connectivity index (χ0) is 30.1. The third kappa shape index (κ3) is 8.52. The molecule has 2 aromatic carbocycles. The summed E-state index contributed by atoms with van der Waals surface area (Å²) in [5.41, 5.74) is 12.8. The molecule has 0 bridgehead atoms. The number of aromatic amines is 1. The van der Waals surface area contributed by atoms with Gasteiger partial charge < -0.3 is 47.7 Å². The van der Waals surface area contributed by atoms with Crippen molar-refractivity contribution < 1.29 is 39.3 Å². The van der Waals surface area contributed by atoms with Gasteiger partial charge in [0.25, 0.3) is 0 Å². The highest BCUT2D eigenvalue weighted by molar-refractivity contribution is 5.95. The first kappa shape index (κ1) is 30.6. The average Bonchev–Trinajstić information content (AvgIpc) is 3.34. The van der Waals surface area contributed by atoms with Crippen LogP contribution in [0.3, 0.4) is 0 Å². The smallest absolute Gasteiger partial charge is 0.328 e. The summed E-state index contributed by atoms with van der Waals surface area (Å²) in [6.45, 7) is -0.883. The number of carbonyl (C=O) groups is 5. The molecule has 0 fully saturated rings. The first-order chi connectivity index (χ1) is 19.5. The monoisotopic (exact) mass is 568 g/mol. The number of hydrogen-bond acceptors (Lipinski definition) is 8. The van der Waals surface area contributed by atoms with Crippen LogP contribution in [0.1, 0.15) is 17.5 Å². The van der Waals surface area contributed by atoms with E-state index in [4.69, 9.17) is 11.5 Å². The number of aliphatic carboxylic acids is 1. The second-order valence-corrected chi connectivity index (χ2v) is 9.42. The standard InChI is InChI=1S/C27H32N6O8/c28-18(11-23(29)36)24(37)31-20(9-14-5-7-16(35)8-6-14)25(38)32-21(26(39)33-22(13-34)27(40)41)10-15-12-30-19-4-2-1-3-17(15)19/h1-8,12,18,20-22,30,34-35H,9-11,13,28H2,(H2,29,36)(H,31,37)(H,32,38)(H,33,39)(H,40,41). The fraction of sp³-hybridized carbons (Fsp3) is 0.296. The number of carboxylic acid groups (broad SMARTS) is 1. The number of aliphatic hydroxyl groups is 1. The number of carbonyl (C=O) groups excluding carboxylic acids is 4. The predicted molar refractivity (Wildman–Crippen MR) is 146 cm³/mol. The summed E-state index contributed by atoms with van der Waals surface area (Å²) in [6.07, 6.45) is 1.02. The maximum Gasteiger partial charge on any atom is 0.328 e. The van der Waals surface area contributed by atoms with Gasteiger partial charge in [-0.25, -0.2) is 4.79 Å². The Morgan fingerprint density at radius 1 is 0.829 bits per heavy atom. The number of aromatic nitrogens is 1. The number of aromatic hydroxyl groups is 1. The van der Waals surface area contributed by atoms with Crippen molar-refractivity contribution in [3.8, 4) is 5.75 Å². The van der Waals surface area contributed by atoms with E-state index < -0.39 is 66.8 Å². The number of primary amides is 1. The molecule has 3 rings (SSSR count). The lowest BCUT2D eigenvalue weighted by molar-refractivity contribution is -0.143. The van der Waals surface area contributed by atoms with Gasteiger partial charge in [-0.3, -0.25) is 19.2 Å². The number of para-hydroxylation sites is 1. The van der Waals surface area contributed by atoms with E-state index >= 15 is 0 Å². The number of nitrogens with one attached hydrogen (secondary N) is 4. The second-order valence-electron chi connectivity index (χ2n) is 9.42. The van der Waals surface area contributed by atoms with Gasteiger partial charge in [0.05, 0.1) is 19.1 Å². The summed E-state index contributed by atoms with van der Waals surface area (Å²) in [4.78, 5) is 65.1. The lowest BCUT2D eigenvalue weighted by Gasteiger charge is -2.25. The molecule has 0 spiro atoms. The minimum absolute atomic E-state index is 0.0189. The molecule has 14 heteroatoms. The van der Waals surface area contributed by atoms with E-state index in [0.29, 0.717) is 11.1 Å². The molecule has 41 heavy (non-hydrogen) atoms. The van der Waals surface area contributed by atoms with Gasteiger partial charge in [-0.15, -0.1) is 0 Å². The second kappa shape index (κ2) is 13.9. The Bertz CT molecular complexity index is 1410. The van der Waals surface area contributed by atoms with Crippen molar-refractivity contribution >= 4 is 40.5 Å². The van der Waals surface area contributed by atoms with Crippen LogP contribution >= 0.6 is 0 Å². The highest BCUT2D eigenvalue weighted by atomic mass is 16.4. The van der Waals surface area contributed by atoms with Gasteiger partial charge in [0, 0.05) is 29.9 Å². The number of fused-ring (bicyclic) bond motifs is 1. The Labute approximate surface area is 234 Å². The molecule has 0 aliphatic carbocycles. The van der Waals surface area contributed by atoms with E-state index in [1.54, 1.807) is 18.3 Å². The van der Waals surface area contributed by atoms with E-state index in [0.717, 1.165) is 10.9 Å². The zero-order valence-electron chi connectivity index (χ0n) is 21.9. The van der Waals surface area contributed by atoms with E-state index in [-0.39, 0.29) is 18.6 Å². The highest BCUT2D eigenvalue weighted by Crippen LogP contribution is 2.19. The van der Waals surface area contributed by atoms with Gasteiger partial charge in [0.2, 0.25) is 23.6 Å². The Kier molecular flexibility index (Phi) is 10.4. The number of phenolic OH excluding ortho intramolecular Hbond substituents is 1. The van der Waals surface area contributed by atoms with Crippen molar-refractivity contribution in [2.75, 3.05) is 6.61 Å². The van der Waals surface area contributed by atoms with Crippen LogP contribution in [0.4, 0.5) is 0 Å². The average molecular weight is 569 g/mol. The molecule has 0 saturated carbocycles. The van der Waals surface area contributed by atoms with Gasteiger partial charge in [0.1, 0.15) is 23.9 Å². The topological polar surface area (TPSA) is 250 Å². The molecule has 0 aliphatic heterocycles. The maximum atomic E-state index is 13.5. The first-order valence-corrected chi connectivity index (χ1v) is 12.6. The summed E-state index contributed by atoms with van der Waals surface area (Å²) in [5, 5.41) is 36.3. The molecular formula is C27H32N6O8. The van der Waals surface area contributed by atoms with Gasteiger partial charge in [-0.1, -0.05) is 30.3 Å². The Morgan fingerprint density at radius 3 is 2.02 bits per heavy atom. The predicted octanol–water partition coefficient (Wildman–Crippen LogP) is -1.61. The number of rotatable bonds is 14. The van der Waals surface area contributed by atoms with Gasteiger partial charge in [-0.2, -0.15) is 0 Å². The van der Waals surface area contributed by atoms with Gasteiger partial charge >= 0.3 is 5.97 Å². The van der Waals surface area contributed by atoms with E-state index in [1.165, 1.54) is 24.3 Å².